The van der Waals surface area contributed by atoms with Crippen molar-refractivity contribution < 1.29 is 9.18 Å². The van der Waals surface area contributed by atoms with E-state index in [9.17, 15) is 14.0 Å². The van der Waals surface area contributed by atoms with Crippen LogP contribution in [0.25, 0.3) is 5.00 Å². The molecule has 4 rings (SSSR count). The van der Waals surface area contributed by atoms with Crippen molar-refractivity contribution in [2.75, 3.05) is 0 Å². The summed E-state index contributed by atoms with van der Waals surface area (Å²) in [5.74, 6) is -0.738. The second kappa shape index (κ2) is 7.78. The van der Waals surface area contributed by atoms with E-state index in [-0.39, 0.29) is 23.9 Å². The zero-order valence-electron chi connectivity index (χ0n) is 14.1. The van der Waals surface area contributed by atoms with Gasteiger partial charge in [0, 0.05) is 6.54 Å². The molecule has 0 saturated heterocycles. The summed E-state index contributed by atoms with van der Waals surface area (Å²) >= 11 is 2.43. The number of aromatic nitrogens is 6. The number of tetrazole rings is 1. The Kier molecular flexibility index (Phi) is 5.04. The van der Waals surface area contributed by atoms with Crippen molar-refractivity contribution in [2.24, 2.45) is 0 Å². The standard InChI is InChI=1S/C16H12FN7O2S2/c17-11-5-3-10(4-6-11)8-18-14(25)15-20-19-12(28-15)9-23-16(26)24(22-21-23)13-2-1-7-27-13/h1-7H,8-9H2,(H,18,25). The van der Waals surface area contributed by atoms with E-state index in [1.54, 1.807) is 18.2 Å². The summed E-state index contributed by atoms with van der Waals surface area (Å²) in [6.07, 6.45) is 0. The van der Waals surface area contributed by atoms with E-state index >= 15 is 0 Å². The highest BCUT2D eigenvalue weighted by molar-refractivity contribution is 7.13. The van der Waals surface area contributed by atoms with Gasteiger partial charge < -0.3 is 5.32 Å². The van der Waals surface area contributed by atoms with Crippen LogP contribution in [0.3, 0.4) is 0 Å². The number of thiophene rings is 1. The van der Waals surface area contributed by atoms with Crippen LogP contribution >= 0.6 is 22.7 Å². The highest BCUT2D eigenvalue weighted by atomic mass is 32.1. The molecular weight excluding hydrogens is 405 g/mol. The minimum Gasteiger partial charge on any atom is -0.346 e. The first-order valence-electron chi connectivity index (χ1n) is 8.02. The zero-order valence-corrected chi connectivity index (χ0v) is 15.8. The molecule has 4 aromatic rings. The van der Waals surface area contributed by atoms with Crippen LogP contribution in [0.1, 0.15) is 20.4 Å². The molecule has 0 spiro atoms. The summed E-state index contributed by atoms with van der Waals surface area (Å²) in [6, 6.07) is 9.40. The molecule has 3 heterocycles. The molecule has 0 saturated carbocycles. The summed E-state index contributed by atoms with van der Waals surface area (Å²) in [5, 5.41) is 21.3. The molecule has 1 amide bonds. The second-order valence-electron chi connectivity index (χ2n) is 5.59. The second-order valence-corrected chi connectivity index (χ2v) is 7.58. The quantitative estimate of drug-likeness (QED) is 0.509. The molecule has 0 aliphatic heterocycles. The number of amides is 1. The number of benzene rings is 1. The topological polar surface area (TPSA) is 108 Å². The maximum Gasteiger partial charge on any atom is 0.369 e. The zero-order chi connectivity index (χ0) is 19.5. The van der Waals surface area contributed by atoms with Crippen LogP contribution in [0.4, 0.5) is 4.39 Å². The lowest BCUT2D eigenvalue weighted by atomic mass is 10.2. The van der Waals surface area contributed by atoms with Crippen molar-refractivity contribution in [1.29, 1.82) is 0 Å². The van der Waals surface area contributed by atoms with Crippen LogP contribution in [0, 0.1) is 5.82 Å². The van der Waals surface area contributed by atoms with Crippen molar-refractivity contribution in [1.82, 2.24) is 35.3 Å². The van der Waals surface area contributed by atoms with E-state index in [0.717, 1.165) is 21.6 Å². The Labute approximate surface area is 165 Å². The predicted molar refractivity (Wildman–Crippen MR) is 100 cm³/mol. The van der Waals surface area contributed by atoms with Gasteiger partial charge in [0.25, 0.3) is 5.91 Å². The fraction of sp³-hybridized carbons (Fsp3) is 0.125. The number of carbonyl (C=O) groups excluding carboxylic acids is 1. The summed E-state index contributed by atoms with van der Waals surface area (Å²) in [4.78, 5) is 24.6. The van der Waals surface area contributed by atoms with Gasteiger partial charge in [-0.1, -0.05) is 23.5 Å². The fourth-order valence-electron chi connectivity index (χ4n) is 2.30. The normalized spacial score (nSPS) is 10.9. The third-order valence-corrected chi connectivity index (χ3v) is 5.42. The molecular formula is C16H12FN7O2S2. The van der Waals surface area contributed by atoms with Gasteiger partial charge in [0.15, 0.2) is 0 Å². The molecule has 142 valence electrons. The van der Waals surface area contributed by atoms with Crippen molar-refractivity contribution >= 4 is 28.6 Å². The average molecular weight is 417 g/mol. The summed E-state index contributed by atoms with van der Waals surface area (Å²) in [6.45, 7) is 0.301. The first kappa shape index (κ1) is 18.1. The van der Waals surface area contributed by atoms with Crippen LogP contribution in [0.15, 0.2) is 46.6 Å². The number of rotatable bonds is 6. The molecule has 0 aliphatic rings. The lowest BCUT2D eigenvalue weighted by Crippen LogP contribution is -2.24. The molecule has 0 fully saturated rings. The molecule has 0 aliphatic carbocycles. The highest BCUT2D eigenvalue weighted by Crippen LogP contribution is 2.12. The molecule has 1 aromatic carbocycles. The van der Waals surface area contributed by atoms with Gasteiger partial charge in [0.1, 0.15) is 22.4 Å². The van der Waals surface area contributed by atoms with Gasteiger partial charge in [-0.05, 0) is 45.6 Å². The minimum atomic E-state index is -0.403. The van der Waals surface area contributed by atoms with E-state index in [1.165, 1.54) is 28.2 Å². The van der Waals surface area contributed by atoms with Crippen LogP contribution in [0.5, 0.6) is 0 Å². The van der Waals surface area contributed by atoms with Gasteiger partial charge in [0.2, 0.25) is 5.01 Å². The third kappa shape index (κ3) is 3.87. The Morgan fingerprint density at radius 3 is 2.71 bits per heavy atom. The predicted octanol–water partition coefficient (Wildman–Crippen LogP) is 1.46. The summed E-state index contributed by atoms with van der Waals surface area (Å²) in [5.41, 5.74) is 0.358. The Morgan fingerprint density at radius 1 is 1.14 bits per heavy atom. The maximum absolute atomic E-state index is 12.9. The Morgan fingerprint density at radius 2 is 1.96 bits per heavy atom. The molecule has 28 heavy (non-hydrogen) atoms. The van der Waals surface area contributed by atoms with Crippen LogP contribution in [0.2, 0.25) is 0 Å². The summed E-state index contributed by atoms with van der Waals surface area (Å²) in [7, 11) is 0. The Hall–Kier alpha value is -3.25. The number of hydrogen-bond donors (Lipinski definition) is 1. The first-order chi connectivity index (χ1) is 13.6. The van der Waals surface area contributed by atoms with E-state index in [2.05, 4.69) is 25.9 Å². The number of nitrogens with one attached hydrogen (secondary N) is 1. The van der Waals surface area contributed by atoms with Crippen molar-refractivity contribution in [3.8, 4) is 5.00 Å². The van der Waals surface area contributed by atoms with Gasteiger partial charge >= 0.3 is 5.69 Å². The lowest BCUT2D eigenvalue weighted by molar-refractivity contribution is 0.0950. The van der Waals surface area contributed by atoms with E-state index < -0.39 is 11.6 Å². The minimum absolute atomic E-state index is 0.0626. The summed E-state index contributed by atoms with van der Waals surface area (Å²) < 4.78 is 15.3. The number of carbonyl (C=O) groups is 1. The number of halogens is 1. The molecule has 12 heteroatoms. The molecule has 0 atom stereocenters. The monoisotopic (exact) mass is 417 g/mol. The third-order valence-electron chi connectivity index (χ3n) is 3.67. The largest absolute Gasteiger partial charge is 0.369 e. The maximum atomic E-state index is 12.9. The van der Waals surface area contributed by atoms with Crippen molar-refractivity contribution in [2.45, 2.75) is 13.1 Å². The van der Waals surface area contributed by atoms with E-state index in [4.69, 9.17) is 0 Å². The number of hydrogen-bond acceptors (Lipinski definition) is 8. The van der Waals surface area contributed by atoms with Crippen LogP contribution < -0.4 is 11.0 Å². The Balaban J connectivity index is 1.41. The fourth-order valence-corrected chi connectivity index (χ4v) is 3.71. The van der Waals surface area contributed by atoms with Gasteiger partial charge in [-0.3, -0.25) is 4.79 Å². The van der Waals surface area contributed by atoms with Gasteiger partial charge in [-0.25, -0.2) is 9.18 Å². The molecule has 0 radical (unpaired) electrons. The average Bonchev–Trinajstić information content (AvgIpc) is 3.44. The molecule has 1 N–H and O–H groups in total. The van der Waals surface area contributed by atoms with Gasteiger partial charge in [-0.2, -0.15) is 9.36 Å². The Bertz CT molecular complexity index is 1150. The van der Waals surface area contributed by atoms with Crippen molar-refractivity contribution in [3.63, 3.8) is 0 Å². The van der Waals surface area contributed by atoms with E-state index in [1.807, 2.05) is 11.4 Å². The SMILES string of the molecule is O=C(NCc1ccc(F)cc1)c1nnc(Cn2nnn(-c3cccs3)c2=O)s1. The van der Waals surface area contributed by atoms with Crippen LogP contribution in [-0.4, -0.2) is 35.9 Å². The highest BCUT2D eigenvalue weighted by Gasteiger charge is 2.16. The van der Waals surface area contributed by atoms with E-state index in [0.29, 0.717) is 10.0 Å². The smallest absolute Gasteiger partial charge is 0.346 e. The molecule has 0 unspecified atom stereocenters. The molecule has 3 aromatic heterocycles. The number of nitrogens with zero attached hydrogens (tertiary/aromatic N) is 6. The van der Waals surface area contributed by atoms with Gasteiger partial charge in [-0.15, -0.1) is 21.5 Å². The van der Waals surface area contributed by atoms with Gasteiger partial charge in [0.05, 0.1) is 0 Å². The first-order valence-corrected chi connectivity index (χ1v) is 9.71. The molecule has 9 nitrogen and oxygen atoms in total. The lowest BCUT2D eigenvalue weighted by Gasteiger charge is -2.02. The molecule has 0 bridgehead atoms. The van der Waals surface area contributed by atoms with Crippen molar-refractivity contribution in [3.05, 3.63) is 73.7 Å². The van der Waals surface area contributed by atoms with Crippen LogP contribution in [-0.2, 0) is 13.1 Å².